The number of halogens is 3. The van der Waals surface area contributed by atoms with E-state index in [0.717, 1.165) is 37.2 Å². The molecule has 0 saturated carbocycles. The topological polar surface area (TPSA) is 103 Å². The van der Waals surface area contributed by atoms with Gasteiger partial charge in [-0.15, -0.1) is 0 Å². The molecule has 0 aliphatic carbocycles. The molecule has 0 amide bonds. The fourth-order valence-corrected chi connectivity index (χ4v) is 4.67. The van der Waals surface area contributed by atoms with Crippen LogP contribution >= 0.6 is 11.8 Å². The number of nitrogens with zero attached hydrogens (tertiary/aromatic N) is 4. The molecule has 1 atom stereocenters. The van der Waals surface area contributed by atoms with E-state index >= 15 is 0 Å². The summed E-state index contributed by atoms with van der Waals surface area (Å²) in [5, 5.41) is 0.210. The van der Waals surface area contributed by atoms with Crippen molar-refractivity contribution in [3.8, 4) is 0 Å². The van der Waals surface area contributed by atoms with Crippen molar-refractivity contribution in [2.24, 2.45) is 5.73 Å². The smallest absolute Gasteiger partial charge is 0.381 e. The SMILES string of the molecule is Nc1nc(N2CCC3(CC2)OCC[C@@H]3N)cnc1Sc1cccnc1C(F)(F)F. The van der Waals surface area contributed by atoms with Crippen molar-refractivity contribution in [3.63, 3.8) is 0 Å². The number of aromatic nitrogens is 3. The quantitative estimate of drug-likeness (QED) is 0.772. The maximum atomic E-state index is 13.1. The number of piperidine rings is 1. The summed E-state index contributed by atoms with van der Waals surface area (Å²) in [6.45, 7) is 2.10. The second-order valence-corrected chi connectivity index (χ2v) is 8.19. The van der Waals surface area contributed by atoms with Gasteiger partial charge in [0.15, 0.2) is 11.5 Å². The Hall–Kier alpha value is -2.11. The van der Waals surface area contributed by atoms with Gasteiger partial charge in [-0.25, -0.2) is 9.97 Å². The lowest BCUT2D eigenvalue weighted by Crippen LogP contribution is -2.53. The first-order valence-electron chi connectivity index (χ1n) is 9.25. The number of rotatable bonds is 3. The van der Waals surface area contributed by atoms with Crippen LogP contribution in [0.1, 0.15) is 25.0 Å². The molecule has 2 aliphatic rings. The molecule has 2 saturated heterocycles. The van der Waals surface area contributed by atoms with E-state index in [1.165, 1.54) is 18.3 Å². The van der Waals surface area contributed by atoms with Crippen LogP contribution in [0.2, 0.25) is 0 Å². The zero-order chi connectivity index (χ0) is 20.6. The van der Waals surface area contributed by atoms with Gasteiger partial charge >= 0.3 is 6.18 Å². The van der Waals surface area contributed by atoms with E-state index in [4.69, 9.17) is 16.2 Å². The zero-order valence-electron chi connectivity index (χ0n) is 15.5. The van der Waals surface area contributed by atoms with E-state index in [-0.39, 0.29) is 27.4 Å². The Bertz CT molecular complexity index is 888. The third kappa shape index (κ3) is 3.99. The molecule has 29 heavy (non-hydrogen) atoms. The summed E-state index contributed by atoms with van der Waals surface area (Å²) in [7, 11) is 0. The van der Waals surface area contributed by atoms with Crippen LogP contribution in [0.15, 0.2) is 34.4 Å². The molecule has 2 aliphatic heterocycles. The van der Waals surface area contributed by atoms with Crippen LogP contribution < -0.4 is 16.4 Å². The Morgan fingerprint density at radius 1 is 1.24 bits per heavy atom. The molecule has 0 aromatic carbocycles. The van der Waals surface area contributed by atoms with Crippen LogP contribution in [-0.4, -0.2) is 46.3 Å². The molecule has 4 N–H and O–H groups in total. The minimum Gasteiger partial charge on any atom is -0.381 e. The molecule has 0 bridgehead atoms. The highest BCUT2D eigenvalue weighted by atomic mass is 32.2. The molecule has 4 rings (SSSR count). The average Bonchev–Trinajstić information content (AvgIpc) is 3.03. The van der Waals surface area contributed by atoms with Gasteiger partial charge in [-0.05, 0) is 31.4 Å². The average molecular weight is 426 g/mol. The molecule has 2 aromatic rings. The van der Waals surface area contributed by atoms with Gasteiger partial charge in [-0.3, -0.25) is 4.98 Å². The van der Waals surface area contributed by atoms with E-state index in [0.29, 0.717) is 25.5 Å². The highest BCUT2D eigenvalue weighted by molar-refractivity contribution is 7.99. The number of anilines is 2. The lowest BCUT2D eigenvalue weighted by molar-refractivity contribution is -0.143. The summed E-state index contributed by atoms with van der Waals surface area (Å²) in [4.78, 5) is 14.0. The number of hydrogen-bond acceptors (Lipinski definition) is 8. The highest BCUT2D eigenvalue weighted by Gasteiger charge is 2.44. The molecule has 4 heterocycles. The number of nitrogens with two attached hydrogens (primary N) is 2. The number of alkyl halides is 3. The summed E-state index contributed by atoms with van der Waals surface area (Å²) >= 11 is 0.802. The van der Waals surface area contributed by atoms with Crippen molar-refractivity contribution < 1.29 is 17.9 Å². The van der Waals surface area contributed by atoms with Crippen molar-refractivity contribution in [2.45, 2.75) is 47.0 Å². The number of nitrogen functional groups attached to an aromatic ring is 1. The lowest BCUT2D eigenvalue weighted by Gasteiger charge is -2.41. The summed E-state index contributed by atoms with van der Waals surface area (Å²) in [5.74, 6) is 0.675. The molecular weight excluding hydrogens is 405 g/mol. The zero-order valence-corrected chi connectivity index (χ0v) is 16.3. The van der Waals surface area contributed by atoms with Gasteiger partial charge in [0.25, 0.3) is 0 Å². The van der Waals surface area contributed by atoms with Gasteiger partial charge < -0.3 is 21.1 Å². The Morgan fingerprint density at radius 3 is 2.62 bits per heavy atom. The summed E-state index contributed by atoms with van der Waals surface area (Å²) in [5.41, 5.74) is 11.0. The Kier molecular flexibility index (Phi) is 5.30. The minimum absolute atomic E-state index is 0.0434. The predicted molar refractivity (Wildman–Crippen MR) is 103 cm³/mol. The fourth-order valence-electron chi connectivity index (χ4n) is 3.79. The first-order chi connectivity index (χ1) is 13.8. The Balaban J connectivity index is 1.48. The van der Waals surface area contributed by atoms with Gasteiger partial charge in [0, 0.05) is 36.8 Å². The van der Waals surface area contributed by atoms with Crippen LogP contribution in [0, 0.1) is 0 Å². The van der Waals surface area contributed by atoms with E-state index < -0.39 is 11.9 Å². The van der Waals surface area contributed by atoms with Crippen LogP contribution in [0.5, 0.6) is 0 Å². The molecule has 2 aromatic heterocycles. The van der Waals surface area contributed by atoms with Crippen molar-refractivity contribution >= 4 is 23.4 Å². The van der Waals surface area contributed by atoms with E-state index in [2.05, 4.69) is 15.0 Å². The van der Waals surface area contributed by atoms with Gasteiger partial charge in [0.05, 0.1) is 11.8 Å². The van der Waals surface area contributed by atoms with Gasteiger partial charge in [0.1, 0.15) is 10.8 Å². The van der Waals surface area contributed by atoms with Crippen LogP contribution in [-0.2, 0) is 10.9 Å². The van der Waals surface area contributed by atoms with Gasteiger partial charge in [-0.1, -0.05) is 11.8 Å². The molecular formula is C18H21F3N6OS. The van der Waals surface area contributed by atoms with Crippen molar-refractivity contribution in [1.82, 2.24) is 15.0 Å². The largest absolute Gasteiger partial charge is 0.434 e. The first-order valence-corrected chi connectivity index (χ1v) is 10.1. The lowest BCUT2D eigenvalue weighted by atomic mass is 9.85. The summed E-state index contributed by atoms with van der Waals surface area (Å²) < 4.78 is 45.3. The summed E-state index contributed by atoms with van der Waals surface area (Å²) in [6.07, 6.45) is 0.531. The minimum atomic E-state index is -4.56. The summed E-state index contributed by atoms with van der Waals surface area (Å²) in [6, 6.07) is 2.82. The third-order valence-electron chi connectivity index (χ3n) is 5.43. The van der Waals surface area contributed by atoms with Crippen LogP contribution in [0.25, 0.3) is 0 Å². The van der Waals surface area contributed by atoms with E-state index in [1.807, 2.05) is 4.90 Å². The fraction of sp³-hybridized carbons (Fsp3) is 0.500. The molecule has 1 spiro atoms. The Labute approximate surface area is 170 Å². The molecule has 2 fully saturated rings. The van der Waals surface area contributed by atoms with Crippen LogP contribution in [0.4, 0.5) is 24.8 Å². The first kappa shape index (κ1) is 20.2. The maximum Gasteiger partial charge on any atom is 0.434 e. The number of hydrogen-bond donors (Lipinski definition) is 2. The van der Waals surface area contributed by atoms with Gasteiger partial charge in [-0.2, -0.15) is 13.2 Å². The highest BCUT2D eigenvalue weighted by Crippen LogP contribution is 2.40. The van der Waals surface area contributed by atoms with Crippen molar-refractivity contribution in [1.29, 1.82) is 0 Å². The van der Waals surface area contributed by atoms with Crippen molar-refractivity contribution in [2.75, 3.05) is 30.3 Å². The Morgan fingerprint density at radius 2 is 2.00 bits per heavy atom. The standard InChI is InChI=1S/C18H21F3N6OS/c19-18(20,21)14-11(2-1-6-24-14)29-16-15(23)26-13(10-25-16)27-7-4-17(5-8-27)12(22)3-9-28-17/h1-2,6,10,12H,3-5,7-9,22H2,(H2,23,26)/t12-/m0/s1. The molecule has 0 radical (unpaired) electrons. The molecule has 7 nitrogen and oxygen atoms in total. The predicted octanol–water partition coefficient (Wildman–Crippen LogP) is 2.71. The maximum absolute atomic E-state index is 13.1. The second-order valence-electron chi connectivity index (χ2n) is 7.16. The normalized spacial score (nSPS) is 21.7. The van der Waals surface area contributed by atoms with Crippen LogP contribution in [0.3, 0.4) is 0 Å². The number of ether oxygens (including phenoxy) is 1. The van der Waals surface area contributed by atoms with Gasteiger partial charge in [0.2, 0.25) is 0 Å². The van der Waals surface area contributed by atoms with E-state index in [9.17, 15) is 13.2 Å². The second kappa shape index (κ2) is 7.62. The van der Waals surface area contributed by atoms with E-state index in [1.54, 1.807) is 0 Å². The molecule has 11 heteroatoms. The third-order valence-corrected chi connectivity index (χ3v) is 6.48. The molecule has 156 valence electrons. The number of pyridine rings is 1. The molecule has 0 unspecified atom stereocenters. The van der Waals surface area contributed by atoms with Crippen molar-refractivity contribution in [3.05, 3.63) is 30.2 Å². The monoisotopic (exact) mass is 426 g/mol.